The van der Waals surface area contributed by atoms with Crippen molar-refractivity contribution in [2.24, 2.45) is 0 Å². The zero-order valence-electron chi connectivity index (χ0n) is 15.9. The van der Waals surface area contributed by atoms with Crippen molar-refractivity contribution in [2.75, 3.05) is 6.61 Å². The molecule has 0 unspecified atom stereocenters. The molecule has 154 valence electrons. The Bertz CT molecular complexity index is 888. The van der Waals surface area contributed by atoms with Crippen molar-refractivity contribution in [2.45, 2.75) is 32.6 Å². The summed E-state index contributed by atoms with van der Waals surface area (Å²) in [7, 11) is 0. The van der Waals surface area contributed by atoms with Crippen LogP contribution < -0.4 is 15.6 Å². The predicted octanol–water partition coefficient (Wildman–Crippen LogP) is 4.39. The highest BCUT2D eigenvalue weighted by atomic mass is 79.9. The normalized spacial score (nSPS) is 10.3. The molecule has 29 heavy (non-hydrogen) atoms. The molecule has 0 spiro atoms. The van der Waals surface area contributed by atoms with Crippen molar-refractivity contribution in [3.63, 3.8) is 0 Å². The summed E-state index contributed by atoms with van der Waals surface area (Å²) >= 11 is 3.31. The van der Waals surface area contributed by atoms with Gasteiger partial charge in [0.15, 0.2) is 0 Å². The Hall–Kier alpha value is -2.94. The molecular formula is C20H22BrN3O5. The van der Waals surface area contributed by atoms with Gasteiger partial charge in [-0.15, -0.1) is 0 Å². The summed E-state index contributed by atoms with van der Waals surface area (Å²) in [5, 5.41) is 11.1. The van der Waals surface area contributed by atoms with Crippen LogP contribution >= 0.6 is 15.9 Å². The molecular weight excluding hydrogens is 442 g/mol. The van der Waals surface area contributed by atoms with E-state index in [1.165, 1.54) is 24.3 Å². The van der Waals surface area contributed by atoms with Crippen molar-refractivity contribution in [1.82, 2.24) is 10.9 Å². The average molecular weight is 464 g/mol. The van der Waals surface area contributed by atoms with Crippen LogP contribution in [0.5, 0.6) is 5.75 Å². The first-order valence-electron chi connectivity index (χ1n) is 9.20. The van der Waals surface area contributed by atoms with Gasteiger partial charge in [-0.25, -0.2) is 0 Å². The van der Waals surface area contributed by atoms with Crippen LogP contribution in [0, 0.1) is 10.1 Å². The Labute approximate surface area is 176 Å². The number of carbonyl (C=O) groups excluding carboxylic acids is 2. The predicted molar refractivity (Wildman–Crippen MR) is 112 cm³/mol. The van der Waals surface area contributed by atoms with Crippen molar-refractivity contribution < 1.29 is 19.2 Å². The number of hydrazine groups is 1. The molecule has 8 nitrogen and oxygen atoms in total. The molecule has 0 aliphatic heterocycles. The van der Waals surface area contributed by atoms with Gasteiger partial charge < -0.3 is 4.74 Å². The minimum Gasteiger partial charge on any atom is -0.493 e. The van der Waals surface area contributed by atoms with Gasteiger partial charge in [-0.2, -0.15) is 0 Å². The first-order chi connectivity index (χ1) is 13.9. The molecule has 0 aliphatic rings. The molecule has 0 atom stereocenters. The van der Waals surface area contributed by atoms with E-state index in [9.17, 15) is 19.7 Å². The first-order valence-corrected chi connectivity index (χ1v) is 9.99. The third-order valence-corrected chi connectivity index (χ3v) is 4.57. The number of nitrogens with zero attached hydrogens (tertiary/aromatic N) is 1. The summed E-state index contributed by atoms with van der Waals surface area (Å²) < 4.78 is 6.39. The smallest absolute Gasteiger partial charge is 0.282 e. The molecule has 2 amide bonds. The van der Waals surface area contributed by atoms with Crippen LogP contribution in [-0.2, 0) is 0 Å². The number of benzene rings is 2. The lowest BCUT2D eigenvalue weighted by Crippen LogP contribution is -2.42. The number of rotatable bonds is 9. The fraction of sp³-hybridized carbons (Fsp3) is 0.300. The number of carbonyl (C=O) groups is 2. The summed E-state index contributed by atoms with van der Waals surface area (Å²) in [4.78, 5) is 35.2. The maximum absolute atomic E-state index is 12.5. The number of nitro benzene ring substituents is 1. The minimum atomic E-state index is -0.789. The number of ether oxygens (including phenoxy) is 1. The number of para-hydroxylation sites is 1. The van der Waals surface area contributed by atoms with Gasteiger partial charge in [0.1, 0.15) is 11.3 Å². The van der Waals surface area contributed by atoms with Gasteiger partial charge in [0.05, 0.1) is 17.1 Å². The molecule has 2 N–H and O–H groups in total. The highest BCUT2D eigenvalue weighted by Gasteiger charge is 2.20. The topological polar surface area (TPSA) is 111 Å². The fourth-order valence-corrected chi connectivity index (χ4v) is 2.95. The molecule has 2 rings (SSSR count). The number of hydrogen-bond acceptors (Lipinski definition) is 5. The van der Waals surface area contributed by atoms with Gasteiger partial charge in [-0.3, -0.25) is 30.6 Å². The van der Waals surface area contributed by atoms with E-state index in [1.807, 2.05) is 0 Å². The van der Waals surface area contributed by atoms with E-state index in [2.05, 4.69) is 33.7 Å². The van der Waals surface area contributed by atoms with Gasteiger partial charge in [0.2, 0.25) is 0 Å². The minimum absolute atomic E-state index is 0.153. The monoisotopic (exact) mass is 463 g/mol. The van der Waals surface area contributed by atoms with Crippen molar-refractivity contribution in [3.8, 4) is 5.75 Å². The zero-order valence-corrected chi connectivity index (χ0v) is 17.5. The average Bonchev–Trinajstić information content (AvgIpc) is 2.72. The second-order valence-electron chi connectivity index (χ2n) is 6.23. The van der Waals surface area contributed by atoms with E-state index in [-0.39, 0.29) is 16.8 Å². The highest BCUT2D eigenvalue weighted by molar-refractivity contribution is 9.10. The summed E-state index contributed by atoms with van der Waals surface area (Å²) in [6.07, 6.45) is 4.15. The molecule has 0 bridgehead atoms. The van der Waals surface area contributed by atoms with E-state index in [0.29, 0.717) is 16.8 Å². The lowest BCUT2D eigenvalue weighted by Gasteiger charge is -2.13. The number of halogens is 1. The Balaban J connectivity index is 2.04. The Morgan fingerprint density at radius 3 is 2.41 bits per heavy atom. The van der Waals surface area contributed by atoms with Crippen molar-refractivity contribution in [1.29, 1.82) is 0 Å². The zero-order chi connectivity index (χ0) is 21.2. The van der Waals surface area contributed by atoms with Gasteiger partial charge in [0, 0.05) is 10.5 Å². The number of hydrogen-bond donors (Lipinski definition) is 2. The SMILES string of the molecule is CCCCCCOc1ccc(Br)cc1C(=O)NNC(=O)c1ccccc1[N+](=O)[O-]. The van der Waals surface area contributed by atoms with Crippen LogP contribution in [0.2, 0.25) is 0 Å². The van der Waals surface area contributed by atoms with Crippen LogP contribution in [0.4, 0.5) is 5.69 Å². The summed E-state index contributed by atoms with van der Waals surface area (Å²) in [5.41, 5.74) is 4.22. The molecule has 0 saturated heterocycles. The van der Waals surface area contributed by atoms with Gasteiger partial charge in [-0.1, -0.05) is 54.2 Å². The number of unbranched alkanes of at least 4 members (excludes halogenated alkanes) is 3. The quantitative estimate of drug-likeness (QED) is 0.325. The van der Waals surface area contributed by atoms with Crippen molar-refractivity contribution in [3.05, 3.63) is 68.2 Å². The van der Waals surface area contributed by atoms with E-state index in [1.54, 1.807) is 18.2 Å². The van der Waals surface area contributed by atoms with E-state index in [0.717, 1.165) is 25.7 Å². The molecule has 0 fully saturated rings. The molecule has 2 aromatic carbocycles. The second kappa shape index (κ2) is 11.2. The Morgan fingerprint density at radius 2 is 1.72 bits per heavy atom. The fourth-order valence-electron chi connectivity index (χ4n) is 2.59. The van der Waals surface area contributed by atoms with Gasteiger partial charge in [0.25, 0.3) is 17.5 Å². The molecule has 0 aromatic heterocycles. The summed E-state index contributed by atoms with van der Waals surface area (Å²) in [6.45, 7) is 2.60. The van der Waals surface area contributed by atoms with Gasteiger partial charge >= 0.3 is 0 Å². The van der Waals surface area contributed by atoms with Crippen LogP contribution in [0.3, 0.4) is 0 Å². The standard InChI is InChI=1S/C20H22BrN3O5/c1-2-3-4-7-12-29-18-11-10-14(21)13-16(18)20(26)23-22-19(25)15-8-5-6-9-17(15)24(27)28/h5-6,8-11,13H,2-4,7,12H2,1H3,(H,22,25)(H,23,26). The first kappa shape index (κ1) is 22.4. The van der Waals surface area contributed by atoms with E-state index >= 15 is 0 Å². The largest absolute Gasteiger partial charge is 0.493 e. The maximum atomic E-state index is 12.5. The number of nitro groups is 1. The van der Waals surface area contributed by atoms with Crippen LogP contribution in [0.15, 0.2) is 46.9 Å². The Kier molecular flexibility index (Phi) is 8.60. The van der Waals surface area contributed by atoms with Crippen LogP contribution in [0.25, 0.3) is 0 Å². The third kappa shape index (κ3) is 6.56. The second-order valence-corrected chi connectivity index (χ2v) is 7.15. The van der Waals surface area contributed by atoms with Crippen LogP contribution in [0.1, 0.15) is 53.3 Å². The molecule has 0 heterocycles. The van der Waals surface area contributed by atoms with E-state index < -0.39 is 16.7 Å². The lowest BCUT2D eigenvalue weighted by atomic mass is 10.1. The Morgan fingerprint density at radius 1 is 1.03 bits per heavy atom. The summed E-state index contributed by atoms with van der Waals surface area (Å²) in [6, 6.07) is 10.5. The van der Waals surface area contributed by atoms with Crippen LogP contribution in [-0.4, -0.2) is 23.3 Å². The summed E-state index contributed by atoms with van der Waals surface area (Å²) in [5.74, 6) is -0.994. The molecule has 9 heteroatoms. The van der Waals surface area contributed by atoms with E-state index in [4.69, 9.17) is 4.74 Å². The lowest BCUT2D eigenvalue weighted by molar-refractivity contribution is -0.385. The third-order valence-electron chi connectivity index (χ3n) is 4.08. The molecule has 0 radical (unpaired) electrons. The number of amides is 2. The molecule has 2 aromatic rings. The maximum Gasteiger partial charge on any atom is 0.282 e. The molecule has 0 saturated carbocycles. The highest BCUT2D eigenvalue weighted by Crippen LogP contribution is 2.24. The van der Waals surface area contributed by atoms with Crippen molar-refractivity contribution >= 4 is 33.4 Å². The number of nitrogens with one attached hydrogen (secondary N) is 2. The van der Waals surface area contributed by atoms with Gasteiger partial charge in [-0.05, 0) is 30.7 Å². The molecule has 0 aliphatic carbocycles.